The number of hydrogen-bond acceptors (Lipinski definition) is 2. The van der Waals surface area contributed by atoms with Gasteiger partial charge in [0.05, 0.1) is 12.3 Å². The minimum absolute atomic E-state index is 0. The standard InChI is InChI=1S/C27H36ClN2O2P.Y/c1-7-33(8-2,17-23(31)29-24-18(3)11-9-12-19(24)4)27(13-10-14-27)26(32)30-25-20(5)15-22(28)16-21(25)6;/h9,11-12,15-16H,7-8,10,13-14,17H2,1-6H3,(H-,29,30,31,32);/p+1. The number of nitrogens with one attached hydrogen (secondary N) is 2. The molecule has 1 aliphatic rings. The molecule has 1 fully saturated rings. The summed E-state index contributed by atoms with van der Waals surface area (Å²) in [5.41, 5.74) is 5.79. The molecule has 0 saturated heterocycles. The van der Waals surface area contributed by atoms with E-state index in [0.717, 1.165) is 65.2 Å². The third kappa shape index (κ3) is 5.61. The van der Waals surface area contributed by atoms with Crippen LogP contribution in [0.4, 0.5) is 11.4 Å². The predicted octanol–water partition coefficient (Wildman–Crippen LogP) is 7.13. The van der Waals surface area contributed by atoms with Crippen LogP contribution >= 0.6 is 18.9 Å². The Morgan fingerprint density at radius 1 is 0.912 bits per heavy atom. The molecule has 1 saturated carbocycles. The average Bonchev–Trinajstić information content (AvgIpc) is 2.71. The van der Waals surface area contributed by atoms with Gasteiger partial charge >= 0.3 is 0 Å². The Hall–Kier alpha value is -0.796. The topological polar surface area (TPSA) is 58.2 Å². The van der Waals surface area contributed by atoms with Crippen molar-refractivity contribution in [3.05, 3.63) is 57.6 Å². The van der Waals surface area contributed by atoms with E-state index in [1.54, 1.807) is 0 Å². The fraction of sp³-hybridized carbons (Fsp3) is 0.481. The van der Waals surface area contributed by atoms with Crippen LogP contribution in [-0.2, 0) is 42.3 Å². The summed E-state index contributed by atoms with van der Waals surface area (Å²) >= 11 is 6.20. The van der Waals surface area contributed by atoms with Crippen molar-refractivity contribution in [2.45, 2.75) is 66.0 Å². The molecular formula is C27H37ClN2O2PY+. The Kier molecular flexibility index (Phi) is 10.4. The summed E-state index contributed by atoms with van der Waals surface area (Å²) in [6.07, 6.45) is 4.96. The van der Waals surface area contributed by atoms with Crippen molar-refractivity contribution >= 4 is 42.1 Å². The second kappa shape index (κ2) is 12.0. The van der Waals surface area contributed by atoms with Gasteiger partial charge in [-0.3, -0.25) is 9.59 Å². The van der Waals surface area contributed by atoms with Crippen LogP contribution < -0.4 is 10.6 Å². The summed E-state index contributed by atoms with van der Waals surface area (Å²) in [6.45, 7) is 12.3. The molecule has 4 nitrogen and oxygen atoms in total. The molecule has 0 aliphatic heterocycles. The number of hydrogen-bond donors (Lipinski definition) is 2. The molecule has 2 aromatic carbocycles. The molecule has 1 radical (unpaired) electrons. The first-order valence-electron chi connectivity index (χ1n) is 11.9. The number of halogens is 1. The SMILES string of the molecule is CC[P+](CC)(CC(=O)Nc1c(C)cccc1C)C1(C(=O)Nc2c(C)cc(Cl)cc2C)CCC1.[Y]. The van der Waals surface area contributed by atoms with Crippen molar-refractivity contribution in [3.8, 4) is 0 Å². The van der Waals surface area contributed by atoms with Crippen LogP contribution in [0.15, 0.2) is 30.3 Å². The molecule has 2 amide bonds. The van der Waals surface area contributed by atoms with Gasteiger partial charge in [-0.1, -0.05) is 29.8 Å². The third-order valence-electron chi connectivity index (χ3n) is 7.65. The minimum Gasteiger partial charge on any atom is -0.322 e. The number of rotatable bonds is 8. The maximum Gasteiger partial charge on any atom is 0.268 e. The zero-order valence-electron chi connectivity index (χ0n) is 21.3. The molecule has 0 atom stereocenters. The summed E-state index contributed by atoms with van der Waals surface area (Å²) in [6, 6.07) is 9.81. The third-order valence-corrected chi connectivity index (χ3v) is 13.6. The fourth-order valence-electron chi connectivity index (χ4n) is 5.44. The van der Waals surface area contributed by atoms with Gasteiger partial charge in [0.2, 0.25) is 0 Å². The second-order valence-electron chi connectivity index (χ2n) is 9.50. The van der Waals surface area contributed by atoms with Gasteiger partial charge in [0.25, 0.3) is 11.8 Å². The zero-order chi connectivity index (χ0) is 24.4. The molecule has 0 heterocycles. The minimum atomic E-state index is -1.90. The van der Waals surface area contributed by atoms with Crippen LogP contribution in [0, 0.1) is 27.7 Å². The van der Waals surface area contributed by atoms with E-state index >= 15 is 0 Å². The van der Waals surface area contributed by atoms with Crippen molar-refractivity contribution in [1.82, 2.24) is 0 Å². The number of aryl methyl sites for hydroxylation is 4. The smallest absolute Gasteiger partial charge is 0.268 e. The zero-order valence-corrected chi connectivity index (χ0v) is 25.8. The van der Waals surface area contributed by atoms with E-state index in [1.807, 2.05) is 58.0 Å². The molecule has 1 aliphatic carbocycles. The molecule has 0 aromatic heterocycles. The van der Waals surface area contributed by atoms with Crippen LogP contribution in [0.3, 0.4) is 0 Å². The van der Waals surface area contributed by atoms with E-state index in [2.05, 4.69) is 24.5 Å². The monoisotopic (exact) mass is 576 g/mol. The number of benzene rings is 2. The maximum atomic E-state index is 13.9. The van der Waals surface area contributed by atoms with E-state index in [9.17, 15) is 9.59 Å². The van der Waals surface area contributed by atoms with Gasteiger partial charge in [-0.2, -0.15) is 0 Å². The number of amides is 2. The summed E-state index contributed by atoms with van der Waals surface area (Å²) in [5.74, 6) is 0.113. The Morgan fingerprint density at radius 2 is 1.41 bits per heavy atom. The van der Waals surface area contributed by atoms with E-state index in [4.69, 9.17) is 11.6 Å². The van der Waals surface area contributed by atoms with E-state index in [-0.39, 0.29) is 44.5 Å². The van der Waals surface area contributed by atoms with Crippen molar-refractivity contribution in [2.75, 3.05) is 29.1 Å². The summed E-state index contributed by atoms with van der Waals surface area (Å²) in [7, 11) is -1.90. The Balaban J connectivity index is 0.00000408. The van der Waals surface area contributed by atoms with Crippen LogP contribution in [-0.4, -0.2) is 35.5 Å². The predicted molar refractivity (Wildman–Crippen MR) is 144 cm³/mol. The van der Waals surface area contributed by atoms with Gasteiger partial charge in [0, 0.05) is 56.4 Å². The number of carbonyl (C=O) groups is 2. The van der Waals surface area contributed by atoms with E-state index < -0.39 is 12.4 Å². The van der Waals surface area contributed by atoms with Gasteiger partial charge in [-0.25, -0.2) is 0 Å². The second-order valence-corrected chi connectivity index (χ2v) is 14.7. The molecule has 181 valence electrons. The van der Waals surface area contributed by atoms with Gasteiger partial charge in [-0.15, -0.1) is 0 Å². The van der Waals surface area contributed by atoms with E-state index in [1.165, 1.54) is 0 Å². The molecule has 0 unspecified atom stereocenters. The van der Waals surface area contributed by atoms with Crippen molar-refractivity contribution < 1.29 is 42.3 Å². The normalized spacial score (nSPS) is 14.6. The average molecular weight is 577 g/mol. The quantitative estimate of drug-likeness (QED) is 0.329. The summed E-state index contributed by atoms with van der Waals surface area (Å²) < 4.78 is 0. The molecule has 0 bridgehead atoms. The van der Waals surface area contributed by atoms with Crippen molar-refractivity contribution in [2.24, 2.45) is 0 Å². The number of anilines is 2. The van der Waals surface area contributed by atoms with Gasteiger partial charge in [0.15, 0.2) is 5.16 Å². The van der Waals surface area contributed by atoms with Crippen molar-refractivity contribution in [1.29, 1.82) is 0 Å². The van der Waals surface area contributed by atoms with Gasteiger partial charge in [0.1, 0.15) is 6.16 Å². The molecule has 34 heavy (non-hydrogen) atoms. The summed E-state index contributed by atoms with van der Waals surface area (Å²) in [4.78, 5) is 27.2. The first kappa shape index (κ1) is 29.4. The van der Waals surface area contributed by atoms with Crippen LogP contribution in [0.2, 0.25) is 5.02 Å². The first-order valence-corrected chi connectivity index (χ1v) is 14.6. The van der Waals surface area contributed by atoms with Gasteiger partial charge < -0.3 is 10.6 Å². The molecule has 0 spiro atoms. The van der Waals surface area contributed by atoms with Gasteiger partial charge in [-0.05, 0) is 95.2 Å². The fourth-order valence-corrected chi connectivity index (χ4v) is 10.6. The number of para-hydroxylation sites is 1. The summed E-state index contributed by atoms with van der Waals surface area (Å²) in [5, 5.41) is 6.68. The van der Waals surface area contributed by atoms with Crippen LogP contribution in [0.1, 0.15) is 55.4 Å². The largest absolute Gasteiger partial charge is 0.322 e. The molecule has 7 heteroatoms. The molecular weight excluding hydrogens is 540 g/mol. The van der Waals surface area contributed by atoms with Crippen LogP contribution in [0.5, 0.6) is 0 Å². The first-order chi connectivity index (χ1) is 15.6. The Bertz CT molecular complexity index is 1020. The maximum absolute atomic E-state index is 13.9. The van der Waals surface area contributed by atoms with Crippen molar-refractivity contribution in [3.63, 3.8) is 0 Å². The molecule has 2 N–H and O–H groups in total. The Morgan fingerprint density at radius 3 is 1.85 bits per heavy atom. The number of carbonyl (C=O) groups excluding carboxylic acids is 2. The van der Waals surface area contributed by atoms with Crippen LogP contribution in [0.25, 0.3) is 0 Å². The van der Waals surface area contributed by atoms with E-state index in [0.29, 0.717) is 11.2 Å². The Labute approximate surface area is 235 Å². The molecule has 3 rings (SSSR count). The molecule has 2 aromatic rings.